The molecule has 3 aromatic rings. The van der Waals surface area contributed by atoms with Crippen LogP contribution in [0, 0.1) is 18.6 Å². The highest BCUT2D eigenvalue weighted by Crippen LogP contribution is 2.37. The second-order valence-corrected chi connectivity index (χ2v) is 8.27. The zero-order chi connectivity index (χ0) is 21.2. The molecule has 3 rings (SSSR count). The lowest BCUT2D eigenvalue weighted by molar-refractivity contribution is 0.439. The molecule has 0 saturated carbocycles. The summed E-state index contributed by atoms with van der Waals surface area (Å²) in [6.45, 7) is 3.17. The zero-order valence-electron chi connectivity index (χ0n) is 15.6. The normalized spacial score (nSPS) is 11.3. The molecule has 152 valence electrons. The summed E-state index contributed by atoms with van der Waals surface area (Å²) in [7, 11) is -3.52. The summed E-state index contributed by atoms with van der Waals surface area (Å²) in [6.07, 6.45) is 0. The summed E-state index contributed by atoms with van der Waals surface area (Å²) in [5, 5.41) is 0. The summed E-state index contributed by atoms with van der Waals surface area (Å²) in [4.78, 5) is 14.2. The van der Waals surface area contributed by atoms with Gasteiger partial charge in [-0.2, -0.15) is 0 Å². The molecule has 2 N–H and O–H groups in total. The van der Waals surface area contributed by atoms with E-state index in [9.17, 15) is 22.0 Å². The van der Waals surface area contributed by atoms with E-state index in [2.05, 4.69) is 9.71 Å². The maximum absolute atomic E-state index is 14.0. The first kappa shape index (κ1) is 20.5. The van der Waals surface area contributed by atoms with Gasteiger partial charge in [0.2, 0.25) is 15.6 Å². The molecule has 0 aliphatic carbocycles. The van der Waals surface area contributed by atoms with Crippen LogP contribution in [0.25, 0.3) is 11.1 Å². The second kappa shape index (κ2) is 8.04. The van der Waals surface area contributed by atoms with E-state index in [1.165, 1.54) is 31.2 Å². The molecule has 0 aliphatic heterocycles. The Hall–Kier alpha value is -3.20. The van der Waals surface area contributed by atoms with Crippen LogP contribution < -0.4 is 15.0 Å². The third-order valence-electron chi connectivity index (χ3n) is 4.15. The molecule has 6 nitrogen and oxygen atoms in total. The number of aryl methyl sites for hydroxylation is 1. The molecule has 0 saturated heterocycles. The molecule has 9 heteroatoms. The molecule has 29 heavy (non-hydrogen) atoms. The molecule has 1 heterocycles. The lowest BCUT2D eigenvalue weighted by Crippen LogP contribution is -2.14. The van der Waals surface area contributed by atoms with E-state index in [1.54, 1.807) is 13.0 Å². The van der Waals surface area contributed by atoms with E-state index in [0.717, 1.165) is 12.1 Å². The number of nitrogens with one attached hydrogen (secondary N) is 2. The average Bonchev–Trinajstić information content (AvgIpc) is 2.65. The van der Waals surface area contributed by atoms with Gasteiger partial charge in [-0.25, -0.2) is 17.2 Å². The molecule has 0 spiro atoms. The first-order chi connectivity index (χ1) is 13.7. The fourth-order valence-electron chi connectivity index (χ4n) is 2.69. The molecule has 0 atom stereocenters. The first-order valence-corrected chi connectivity index (χ1v) is 10.3. The number of rotatable bonds is 6. The van der Waals surface area contributed by atoms with Gasteiger partial charge in [-0.05, 0) is 50.2 Å². The van der Waals surface area contributed by atoms with Gasteiger partial charge in [0.1, 0.15) is 11.6 Å². The van der Waals surface area contributed by atoms with Gasteiger partial charge in [0.25, 0.3) is 0 Å². The highest BCUT2D eigenvalue weighted by Gasteiger charge is 2.16. The van der Waals surface area contributed by atoms with Gasteiger partial charge in [0.15, 0.2) is 11.6 Å². The molecule has 0 radical (unpaired) electrons. The van der Waals surface area contributed by atoms with Crippen molar-refractivity contribution in [1.82, 2.24) is 4.98 Å². The van der Waals surface area contributed by atoms with Crippen LogP contribution in [0.1, 0.15) is 12.6 Å². The number of aromatic nitrogens is 1. The minimum Gasteiger partial charge on any atom is -0.454 e. The summed E-state index contributed by atoms with van der Waals surface area (Å²) < 4.78 is 59.1. The Morgan fingerprint density at radius 1 is 1.00 bits per heavy atom. The molecule has 0 aliphatic rings. The van der Waals surface area contributed by atoms with Crippen LogP contribution in [0.2, 0.25) is 0 Å². The summed E-state index contributed by atoms with van der Waals surface area (Å²) in [6, 6.07) is 10.2. The Balaban J connectivity index is 2.13. The molecule has 2 aromatic carbocycles. The standard InChI is InChI=1S/C20H18F2N2O4S/c1-3-29(26,27)24-14-5-8-18(28-19-7-4-13(21)10-17(19)22)16(11-14)15-6-9-20(25)23-12(15)2/h4-11,24H,3H2,1-2H3,(H,23,25). The van der Waals surface area contributed by atoms with Crippen molar-refractivity contribution in [3.8, 4) is 22.6 Å². The number of hydrogen-bond acceptors (Lipinski definition) is 4. The fourth-order valence-corrected chi connectivity index (χ4v) is 3.32. The van der Waals surface area contributed by atoms with Crippen molar-refractivity contribution >= 4 is 15.7 Å². The fraction of sp³-hybridized carbons (Fsp3) is 0.150. The molecule has 1 aromatic heterocycles. The highest BCUT2D eigenvalue weighted by atomic mass is 32.2. The average molecular weight is 420 g/mol. The summed E-state index contributed by atoms with van der Waals surface area (Å²) in [5.74, 6) is -1.73. The largest absolute Gasteiger partial charge is 0.454 e. The van der Waals surface area contributed by atoms with Gasteiger partial charge >= 0.3 is 0 Å². The quantitative estimate of drug-likeness (QED) is 0.626. The predicted molar refractivity (Wildman–Crippen MR) is 107 cm³/mol. The lowest BCUT2D eigenvalue weighted by Gasteiger charge is -2.16. The number of H-pyrrole nitrogens is 1. The molecule has 0 bridgehead atoms. The third kappa shape index (κ3) is 4.80. The minimum absolute atomic E-state index is 0.112. The van der Waals surface area contributed by atoms with E-state index in [1.807, 2.05) is 0 Å². The number of pyridine rings is 1. The Bertz CT molecular complexity index is 1220. The highest BCUT2D eigenvalue weighted by molar-refractivity contribution is 7.92. The van der Waals surface area contributed by atoms with Crippen molar-refractivity contribution in [2.45, 2.75) is 13.8 Å². The van der Waals surface area contributed by atoms with Crippen molar-refractivity contribution in [3.05, 3.63) is 76.2 Å². The van der Waals surface area contributed by atoms with E-state index in [4.69, 9.17) is 4.74 Å². The monoisotopic (exact) mass is 420 g/mol. The Kier molecular flexibility index (Phi) is 5.69. The molecule has 0 fully saturated rings. The van der Waals surface area contributed by atoms with Crippen LogP contribution >= 0.6 is 0 Å². The van der Waals surface area contributed by atoms with E-state index in [0.29, 0.717) is 22.9 Å². The lowest BCUT2D eigenvalue weighted by atomic mass is 10.0. The number of aromatic amines is 1. The van der Waals surface area contributed by atoms with E-state index >= 15 is 0 Å². The molecule has 0 unspecified atom stereocenters. The van der Waals surface area contributed by atoms with Gasteiger partial charge in [0.05, 0.1) is 5.75 Å². The van der Waals surface area contributed by atoms with Crippen LogP contribution in [0.3, 0.4) is 0 Å². The maximum atomic E-state index is 14.0. The topological polar surface area (TPSA) is 88.3 Å². The third-order valence-corrected chi connectivity index (χ3v) is 5.46. The Morgan fingerprint density at radius 2 is 1.72 bits per heavy atom. The summed E-state index contributed by atoms with van der Waals surface area (Å²) in [5.41, 5.74) is 1.45. The minimum atomic E-state index is -3.52. The van der Waals surface area contributed by atoms with Gasteiger partial charge in [0, 0.05) is 34.6 Å². The number of halogens is 2. The second-order valence-electron chi connectivity index (χ2n) is 6.25. The Labute approximate surface area is 166 Å². The van der Waals surface area contributed by atoms with Crippen LogP contribution in [-0.2, 0) is 10.0 Å². The van der Waals surface area contributed by atoms with Crippen LogP contribution in [-0.4, -0.2) is 19.2 Å². The molecule has 0 amide bonds. The zero-order valence-corrected chi connectivity index (χ0v) is 16.4. The number of anilines is 1. The van der Waals surface area contributed by atoms with Gasteiger partial charge in [-0.1, -0.05) is 0 Å². The Morgan fingerprint density at radius 3 is 2.38 bits per heavy atom. The maximum Gasteiger partial charge on any atom is 0.248 e. The van der Waals surface area contributed by atoms with Crippen LogP contribution in [0.5, 0.6) is 11.5 Å². The first-order valence-electron chi connectivity index (χ1n) is 8.66. The molecular formula is C20H18F2N2O4S. The number of sulfonamides is 1. The van der Waals surface area contributed by atoms with Crippen molar-refractivity contribution < 1.29 is 21.9 Å². The van der Waals surface area contributed by atoms with Gasteiger partial charge in [-0.3, -0.25) is 9.52 Å². The van der Waals surface area contributed by atoms with Crippen molar-refractivity contribution in [2.24, 2.45) is 0 Å². The van der Waals surface area contributed by atoms with Crippen molar-refractivity contribution in [1.29, 1.82) is 0 Å². The smallest absolute Gasteiger partial charge is 0.248 e. The predicted octanol–water partition coefficient (Wildman–Crippen LogP) is 4.18. The molecular weight excluding hydrogens is 402 g/mol. The van der Waals surface area contributed by atoms with Crippen LogP contribution in [0.4, 0.5) is 14.5 Å². The summed E-state index contributed by atoms with van der Waals surface area (Å²) >= 11 is 0. The SMILES string of the molecule is CCS(=O)(=O)Nc1ccc(Oc2ccc(F)cc2F)c(-c2ccc(=O)[nH]c2C)c1. The van der Waals surface area contributed by atoms with Gasteiger partial charge in [-0.15, -0.1) is 0 Å². The van der Waals surface area contributed by atoms with Crippen molar-refractivity contribution in [3.63, 3.8) is 0 Å². The number of benzene rings is 2. The van der Waals surface area contributed by atoms with E-state index in [-0.39, 0.29) is 28.5 Å². The van der Waals surface area contributed by atoms with Crippen LogP contribution in [0.15, 0.2) is 53.3 Å². The van der Waals surface area contributed by atoms with E-state index < -0.39 is 21.7 Å². The number of hydrogen-bond donors (Lipinski definition) is 2. The van der Waals surface area contributed by atoms with Crippen molar-refractivity contribution in [2.75, 3.05) is 10.5 Å². The van der Waals surface area contributed by atoms with Gasteiger partial charge < -0.3 is 9.72 Å². The number of ether oxygens (including phenoxy) is 1.